The number of urea groups is 1. The largest absolute Gasteiger partial charge is 0.384 e. The molecular weight excluding hydrogens is 519 g/mol. The zero-order valence-electron chi connectivity index (χ0n) is 17.9. The number of halogens is 2. The molecule has 3 N–H and O–H groups in total. The number of thioether (sulfide) groups is 1. The SMILES string of the molecule is O=C(Nc1ccc(N2C(=O)Cc3cc4c(cc3C2=O)CCN4)c(F)c1)NS(=O)(=O)C1=CCC(Cl)S1. The Balaban J connectivity index is 1.33. The van der Waals surface area contributed by atoms with Crippen LogP contribution in [0.25, 0.3) is 0 Å². The number of benzene rings is 2. The molecule has 3 aliphatic rings. The van der Waals surface area contributed by atoms with E-state index in [2.05, 4.69) is 10.6 Å². The number of imide groups is 1. The van der Waals surface area contributed by atoms with Crippen molar-refractivity contribution in [2.45, 2.75) is 24.0 Å². The van der Waals surface area contributed by atoms with Gasteiger partial charge >= 0.3 is 6.03 Å². The van der Waals surface area contributed by atoms with Crippen molar-refractivity contribution in [1.82, 2.24) is 4.72 Å². The second-order valence-electron chi connectivity index (χ2n) is 8.07. The van der Waals surface area contributed by atoms with E-state index in [-0.39, 0.29) is 22.0 Å². The van der Waals surface area contributed by atoms with Crippen LogP contribution < -0.4 is 20.3 Å². The number of amides is 4. The maximum atomic E-state index is 15.0. The number of nitrogens with one attached hydrogen (secondary N) is 3. The van der Waals surface area contributed by atoms with E-state index in [9.17, 15) is 27.2 Å². The van der Waals surface area contributed by atoms with Crippen LogP contribution in [0.5, 0.6) is 0 Å². The minimum Gasteiger partial charge on any atom is -0.384 e. The number of carbonyl (C=O) groups is 3. The summed E-state index contributed by atoms with van der Waals surface area (Å²) >= 11 is 6.78. The van der Waals surface area contributed by atoms with Crippen molar-refractivity contribution in [3.63, 3.8) is 0 Å². The Bertz CT molecular complexity index is 1430. The number of rotatable bonds is 4. The summed E-state index contributed by atoms with van der Waals surface area (Å²) in [4.78, 5) is 38.8. The Morgan fingerprint density at radius 1 is 1.20 bits per heavy atom. The lowest BCUT2D eigenvalue weighted by Gasteiger charge is -2.28. The van der Waals surface area contributed by atoms with E-state index >= 15 is 0 Å². The highest BCUT2D eigenvalue weighted by molar-refractivity contribution is 8.19. The lowest BCUT2D eigenvalue weighted by Crippen LogP contribution is -2.43. The molecule has 182 valence electrons. The Morgan fingerprint density at radius 2 is 2.00 bits per heavy atom. The van der Waals surface area contributed by atoms with E-state index in [1.165, 1.54) is 18.2 Å². The molecule has 0 aliphatic carbocycles. The highest BCUT2D eigenvalue weighted by Crippen LogP contribution is 2.37. The van der Waals surface area contributed by atoms with E-state index in [0.29, 0.717) is 17.5 Å². The van der Waals surface area contributed by atoms with Gasteiger partial charge in [0.2, 0.25) is 5.91 Å². The second-order valence-corrected chi connectivity index (χ2v) is 12.0. The summed E-state index contributed by atoms with van der Waals surface area (Å²) in [6.45, 7) is 0.742. The number of anilines is 3. The molecule has 0 spiro atoms. The first-order valence-corrected chi connectivity index (χ1v) is 13.3. The van der Waals surface area contributed by atoms with Crippen molar-refractivity contribution in [1.29, 1.82) is 0 Å². The maximum absolute atomic E-state index is 15.0. The molecule has 4 amide bonds. The highest BCUT2D eigenvalue weighted by Gasteiger charge is 2.35. The van der Waals surface area contributed by atoms with Crippen molar-refractivity contribution in [2.24, 2.45) is 0 Å². The number of carbonyl (C=O) groups excluding carboxylic acids is 3. The van der Waals surface area contributed by atoms with Crippen LogP contribution in [0.15, 0.2) is 40.6 Å². The lowest BCUT2D eigenvalue weighted by molar-refractivity contribution is -0.117. The molecule has 0 fully saturated rings. The Hall–Kier alpha value is -3.09. The molecule has 2 aromatic rings. The summed E-state index contributed by atoms with van der Waals surface area (Å²) in [7, 11) is -4.11. The third kappa shape index (κ3) is 4.48. The first-order valence-electron chi connectivity index (χ1n) is 10.5. The minimum atomic E-state index is -4.11. The average molecular weight is 537 g/mol. The van der Waals surface area contributed by atoms with Gasteiger partial charge in [-0.1, -0.05) is 17.8 Å². The van der Waals surface area contributed by atoms with Gasteiger partial charge in [0.25, 0.3) is 15.9 Å². The molecule has 0 saturated heterocycles. The first-order chi connectivity index (χ1) is 16.6. The van der Waals surface area contributed by atoms with Gasteiger partial charge in [0.1, 0.15) is 10.1 Å². The molecule has 3 heterocycles. The molecule has 1 atom stereocenters. The van der Waals surface area contributed by atoms with Gasteiger partial charge in [0, 0.05) is 23.5 Å². The van der Waals surface area contributed by atoms with Crippen LogP contribution >= 0.6 is 23.4 Å². The number of alkyl halides is 1. The van der Waals surface area contributed by atoms with Crippen molar-refractivity contribution in [3.8, 4) is 0 Å². The summed E-state index contributed by atoms with van der Waals surface area (Å²) in [5, 5.41) is 5.44. The van der Waals surface area contributed by atoms with Crippen LogP contribution in [0, 0.1) is 5.82 Å². The number of hydrogen-bond acceptors (Lipinski definition) is 7. The smallest absolute Gasteiger partial charge is 0.333 e. The fourth-order valence-electron chi connectivity index (χ4n) is 4.14. The zero-order chi connectivity index (χ0) is 24.9. The second kappa shape index (κ2) is 8.85. The quantitative estimate of drug-likeness (QED) is 0.403. The predicted octanol–water partition coefficient (Wildman–Crippen LogP) is 3.52. The predicted molar refractivity (Wildman–Crippen MR) is 132 cm³/mol. The lowest BCUT2D eigenvalue weighted by atomic mass is 9.94. The van der Waals surface area contributed by atoms with Gasteiger partial charge in [0.15, 0.2) is 0 Å². The van der Waals surface area contributed by atoms with Crippen molar-refractivity contribution < 1.29 is 27.2 Å². The van der Waals surface area contributed by atoms with E-state index < -0.39 is 38.4 Å². The zero-order valence-corrected chi connectivity index (χ0v) is 20.3. The minimum absolute atomic E-state index is 0.0627. The Labute approximate surface area is 209 Å². The van der Waals surface area contributed by atoms with Crippen molar-refractivity contribution in [3.05, 3.63) is 63.2 Å². The number of allylic oxidation sites excluding steroid dienone is 1. The molecular formula is C22H18ClFN4O5S2. The van der Waals surface area contributed by atoms with Gasteiger partial charge in [-0.15, -0.1) is 11.6 Å². The molecule has 0 bridgehead atoms. The van der Waals surface area contributed by atoms with Gasteiger partial charge in [-0.3, -0.25) is 9.59 Å². The molecule has 0 radical (unpaired) electrons. The van der Waals surface area contributed by atoms with Crippen LogP contribution in [0.4, 0.5) is 26.2 Å². The summed E-state index contributed by atoms with van der Waals surface area (Å²) < 4.78 is 40.9. The first kappa shape index (κ1) is 23.6. The molecule has 2 aromatic carbocycles. The van der Waals surface area contributed by atoms with Crippen LogP contribution in [0.2, 0.25) is 0 Å². The Morgan fingerprint density at radius 3 is 2.71 bits per heavy atom. The summed E-state index contributed by atoms with van der Waals surface area (Å²) in [6, 6.07) is 5.78. The van der Waals surface area contributed by atoms with Crippen molar-refractivity contribution >= 4 is 68.3 Å². The molecule has 1 unspecified atom stereocenters. The summed E-state index contributed by atoms with van der Waals surface area (Å²) in [5.74, 6) is -2.14. The Kier molecular flexibility index (Phi) is 5.98. The number of hydrogen-bond donors (Lipinski definition) is 3. The summed E-state index contributed by atoms with van der Waals surface area (Å²) in [5.41, 5.74) is 2.45. The van der Waals surface area contributed by atoms with Gasteiger partial charge in [-0.05, 0) is 54.3 Å². The van der Waals surface area contributed by atoms with Gasteiger partial charge in [-0.25, -0.2) is 27.2 Å². The topological polar surface area (TPSA) is 125 Å². The number of nitrogens with zero attached hydrogens (tertiary/aromatic N) is 1. The fraction of sp³-hybridized carbons (Fsp3) is 0.227. The number of fused-ring (bicyclic) bond motifs is 2. The molecule has 0 saturated carbocycles. The van der Waals surface area contributed by atoms with Crippen molar-refractivity contribution in [2.75, 3.05) is 22.1 Å². The third-order valence-electron chi connectivity index (χ3n) is 5.72. The normalized spacial score (nSPS) is 19.1. The molecule has 13 heteroatoms. The molecule has 3 aliphatic heterocycles. The fourth-order valence-corrected chi connectivity index (χ4v) is 7.00. The van der Waals surface area contributed by atoms with Gasteiger partial charge in [0.05, 0.1) is 16.8 Å². The van der Waals surface area contributed by atoms with Gasteiger partial charge in [-0.2, -0.15) is 0 Å². The van der Waals surface area contributed by atoms with Gasteiger partial charge < -0.3 is 10.6 Å². The monoisotopic (exact) mass is 536 g/mol. The molecule has 5 rings (SSSR count). The van der Waals surface area contributed by atoms with Crippen LogP contribution in [0.1, 0.15) is 27.9 Å². The number of sulfonamides is 1. The maximum Gasteiger partial charge on any atom is 0.333 e. The highest BCUT2D eigenvalue weighted by atomic mass is 35.5. The third-order valence-corrected chi connectivity index (χ3v) is 9.11. The average Bonchev–Trinajstić information content (AvgIpc) is 3.42. The van der Waals surface area contributed by atoms with Crippen LogP contribution in [-0.2, 0) is 27.7 Å². The van der Waals surface area contributed by atoms with E-state index in [4.69, 9.17) is 11.6 Å². The molecule has 35 heavy (non-hydrogen) atoms. The molecule has 9 nitrogen and oxygen atoms in total. The molecule has 0 aromatic heterocycles. The van der Waals surface area contributed by atoms with Crippen LogP contribution in [0.3, 0.4) is 0 Å². The van der Waals surface area contributed by atoms with E-state index in [1.807, 2.05) is 4.72 Å². The van der Waals surface area contributed by atoms with E-state index in [0.717, 1.165) is 46.9 Å². The van der Waals surface area contributed by atoms with Crippen LogP contribution in [-0.4, -0.2) is 37.5 Å². The van der Waals surface area contributed by atoms with E-state index in [1.54, 1.807) is 12.1 Å². The standard InChI is InChI=1S/C22H18ClFN4O5S2/c23-18-3-4-20(34-18)35(32,33)27-22(31)26-13-1-2-17(15(24)10-13)28-19(29)9-12-8-16-11(5-6-25-16)7-14(12)21(28)30/h1-2,4,7-8,10,18,25H,3,5-6,9H2,(H2,26,27,31). The summed E-state index contributed by atoms with van der Waals surface area (Å²) in [6.07, 6.45) is 2.43.